The van der Waals surface area contributed by atoms with Gasteiger partial charge < -0.3 is 9.73 Å². The second kappa shape index (κ2) is 7.09. The minimum absolute atomic E-state index is 0.138. The Labute approximate surface area is 134 Å². The molecule has 0 saturated carbocycles. The van der Waals surface area contributed by atoms with Gasteiger partial charge in [0.2, 0.25) is 0 Å². The van der Waals surface area contributed by atoms with Crippen molar-refractivity contribution in [3.8, 4) is 11.5 Å². The summed E-state index contributed by atoms with van der Waals surface area (Å²) >= 11 is 0. The monoisotopic (exact) mass is 312 g/mol. The summed E-state index contributed by atoms with van der Waals surface area (Å²) in [5.41, 5.74) is 1.78. The van der Waals surface area contributed by atoms with Crippen molar-refractivity contribution in [1.29, 1.82) is 0 Å². The second-order valence-electron chi connectivity index (χ2n) is 5.42. The molecule has 3 heterocycles. The van der Waals surface area contributed by atoms with Crippen molar-refractivity contribution in [3.05, 3.63) is 42.4 Å². The zero-order valence-corrected chi connectivity index (χ0v) is 13.2. The fourth-order valence-corrected chi connectivity index (χ4v) is 2.51. The van der Waals surface area contributed by atoms with Gasteiger partial charge in [0.05, 0.1) is 12.5 Å². The standard InChI is InChI=1S/C17H20N4O2/c1-2-3-4-5-9-19-17(22)13-12-20-21-14(8-10-18-16(13)21)15-7-6-11-23-15/h6-8,10-12H,2-5,9H2,1H3,(H,19,22). The predicted octanol–water partition coefficient (Wildman–Crippen LogP) is 3.30. The highest BCUT2D eigenvalue weighted by molar-refractivity contribution is 5.99. The van der Waals surface area contributed by atoms with Crippen molar-refractivity contribution in [2.24, 2.45) is 0 Å². The first-order valence-corrected chi connectivity index (χ1v) is 7.96. The van der Waals surface area contributed by atoms with Gasteiger partial charge in [-0.15, -0.1) is 0 Å². The van der Waals surface area contributed by atoms with E-state index in [1.54, 1.807) is 23.2 Å². The van der Waals surface area contributed by atoms with Crippen LogP contribution in [0.5, 0.6) is 0 Å². The molecule has 6 nitrogen and oxygen atoms in total. The Hall–Kier alpha value is -2.63. The molecule has 0 unspecified atom stereocenters. The predicted molar refractivity (Wildman–Crippen MR) is 87.2 cm³/mol. The van der Waals surface area contributed by atoms with Gasteiger partial charge in [-0.1, -0.05) is 26.2 Å². The number of carbonyl (C=O) groups is 1. The fraction of sp³-hybridized carbons (Fsp3) is 0.353. The molecule has 6 heteroatoms. The van der Waals surface area contributed by atoms with Crippen molar-refractivity contribution in [1.82, 2.24) is 19.9 Å². The lowest BCUT2D eigenvalue weighted by Gasteiger charge is -2.04. The highest BCUT2D eigenvalue weighted by Crippen LogP contribution is 2.21. The Morgan fingerprint density at radius 3 is 3.00 bits per heavy atom. The van der Waals surface area contributed by atoms with Crippen LogP contribution < -0.4 is 5.32 Å². The van der Waals surface area contributed by atoms with E-state index in [0.29, 0.717) is 23.5 Å². The lowest BCUT2D eigenvalue weighted by Crippen LogP contribution is -2.24. The molecule has 0 saturated heterocycles. The van der Waals surface area contributed by atoms with Gasteiger partial charge >= 0.3 is 0 Å². The number of nitrogens with one attached hydrogen (secondary N) is 1. The zero-order chi connectivity index (χ0) is 16.1. The van der Waals surface area contributed by atoms with Crippen LogP contribution in [-0.4, -0.2) is 27.0 Å². The Balaban J connectivity index is 1.77. The summed E-state index contributed by atoms with van der Waals surface area (Å²) in [5.74, 6) is 0.549. The molecule has 0 aliphatic heterocycles. The van der Waals surface area contributed by atoms with Gasteiger partial charge in [0.15, 0.2) is 11.4 Å². The molecular formula is C17H20N4O2. The van der Waals surface area contributed by atoms with Gasteiger partial charge in [-0.3, -0.25) is 4.79 Å². The summed E-state index contributed by atoms with van der Waals surface area (Å²) < 4.78 is 7.04. The molecule has 1 N–H and O–H groups in total. The van der Waals surface area contributed by atoms with E-state index in [0.717, 1.165) is 18.5 Å². The second-order valence-corrected chi connectivity index (χ2v) is 5.42. The molecule has 0 aromatic carbocycles. The lowest BCUT2D eigenvalue weighted by atomic mass is 10.2. The third kappa shape index (κ3) is 3.26. The van der Waals surface area contributed by atoms with Gasteiger partial charge in [0.25, 0.3) is 5.91 Å². The first-order chi connectivity index (χ1) is 11.3. The number of unbranched alkanes of at least 4 members (excludes halogenated alkanes) is 3. The van der Waals surface area contributed by atoms with Crippen LogP contribution in [0, 0.1) is 0 Å². The van der Waals surface area contributed by atoms with Gasteiger partial charge in [-0.2, -0.15) is 5.10 Å². The van der Waals surface area contributed by atoms with E-state index in [4.69, 9.17) is 4.42 Å². The van der Waals surface area contributed by atoms with Gasteiger partial charge in [-0.25, -0.2) is 9.50 Å². The Morgan fingerprint density at radius 2 is 2.22 bits per heavy atom. The van der Waals surface area contributed by atoms with Gasteiger partial charge in [-0.05, 0) is 24.6 Å². The van der Waals surface area contributed by atoms with Crippen LogP contribution in [0.25, 0.3) is 17.1 Å². The summed E-state index contributed by atoms with van der Waals surface area (Å²) in [6.07, 6.45) is 9.32. The zero-order valence-electron chi connectivity index (χ0n) is 13.2. The maximum atomic E-state index is 12.3. The SMILES string of the molecule is CCCCCCNC(=O)c1cnn2c(-c3ccco3)ccnc12. The molecular weight excluding hydrogens is 292 g/mol. The molecule has 23 heavy (non-hydrogen) atoms. The molecule has 0 atom stereocenters. The molecule has 0 radical (unpaired) electrons. The number of carbonyl (C=O) groups excluding carboxylic acids is 1. The lowest BCUT2D eigenvalue weighted by molar-refractivity contribution is 0.0954. The van der Waals surface area contributed by atoms with Crippen molar-refractivity contribution in [2.45, 2.75) is 32.6 Å². The number of amides is 1. The summed E-state index contributed by atoms with van der Waals surface area (Å²) in [5, 5.41) is 7.22. The van der Waals surface area contributed by atoms with Crippen LogP contribution in [0.3, 0.4) is 0 Å². The molecule has 0 aliphatic rings. The quantitative estimate of drug-likeness (QED) is 0.679. The van der Waals surface area contributed by atoms with E-state index in [2.05, 4.69) is 22.3 Å². The summed E-state index contributed by atoms with van der Waals surface area (Å²) in [7, 11) is 0. The van der Waals surface area contributed by atoms with Crippen LogP contribution in [0.4, 0.5) is 0 Å². The molecule has 0 aliphatic carbocycles. The smallest absolute Gasteiger partial charge is 0.256 e. The number of hydrogen-bond acceptors (Lipinski definition) is 4. The van der Waals surface area contributed by atoms with Gasteiger partial charge in [0, 0.05) is 12.7 Å². The van der Waals surface area contributed by atoms with Crippen molar-refractivity contribution >= 4 is 11.6 Å². The maximum absolute atomic E-state index is 12.3. The number of rotatable bonds is 7. The largest absolute Gasteiger partial charge is 0.463 e. The fourth-order valence-electron chi connectivity index (χ4n) is 2.51. The Kier molecular flexibility index (Phi) is 4.71. The number of aromatic nitrogens is 3. The number of nitrogens with zero attached hydrogens (tertiary/aromatic N) is 3. The average molecular weight is 312 g/mol. The Morgan fingerprint density at radius 1 is 1.30 bits per heavy atom. The van der Waals surface area contributed by atoms with E-state index < -0.39 is 0 Å². The van der Waals surface area contributed by atoms with Crippen LogP contribution in [-0.2, 0) is 0 Å². The highest BCUT2D eigenvalue weighted by Gasteiger charge is 2.16. The number of furan rings is 1. The van der Waals surface area contributed by atoms with E-state index in [1.807, 2.05) is 18.2 Å². The van der Waals surface area contributed by atoms with Crippen LogP contribution in [0.15, 0.2) is 41.3 Å². The van der Waals surface area contributed by atoms with Crippen LogP contribution in [0.1, 0.15) is 43.0 Å². The van der Waals surface area contributed by atoms with Crippen molar-refractivity contribution in [3.63, 3.8) is 0 Å². The molecule has 0 bridgehead atoms. The van der Waals surface area contributed by atoms with Crippen LogP contribution >= 0.6 is 0 Å². The molecule has 0 fully saturated rings. The summed E-state index contributed by atoms with van der Waals surface area (Å²) in [4.78, 5) is 16.6. The molecule has 120 valence electrons. The normalized spacial score (nSPS) is 11.0. The summed E-state index contributed by atoms with van der Waals surface area (Å²) in [6, 6.07) is 5.48. The maximum Gasteiger partial charge on any atom is 0.256 e. The van der Waals surface area contributed by atoms with Crippen molar-refractivity contribution in [2.75, 3.05) is 6.54 Å². The van der Waals surface area contributed by atoms with E-state index in [9.17, 15) is 4.79 Å². The van der Waals surface area contributed by atoms with E-state index >= 15 is 0 Å². The number of fused-ring (bicyclic) bond motifs is 1. The van der Waals surface area contributed by atoms with Crippen molar-refractivity contribution < 1.29 is 9.21 Å². The van der Waals surface area contributed by atoms with Gasteiger partial charge in [0.1, 0.15) is 11.3 Å². The molecule has 1 amide bonds. The Bertz CT molecular complexity index is 777. The molecule has 0 spiro atoms. The number of hydrogen-bond donors (Lipinski definition) is 1. The minimum atomic E-state index is -0.138. The molecule has 3 rings (SSSR count). The molecule has 3 aromatic heterocycles. The van der Waals surface area contributed by atoms with E-state index in [1.165, 1.54) is 12.8 Å². The first kappa shape index (κ1) is 15.3. The highest BCUT2D eigenvalue weighted by atomic mass is 16.3. The molecule has 3 aromatic rings. The minimum Gasteiger partial charge on any atom is -0.463 e. The van der Waals surface area contributed by atoms with E-state index in [-0.39, 0.29) is 5.91 Å². The average Bonchev–Trinajstić information content (AvgIpc) is 3.23. The first-order valence-electron chi connectivity index (χ1n) is 7.96. The topological polar surface area (TPSA) is 72.4 Å². The van der Waals surface area contributed by atoms with Crippen LogP contribution in [0.2, 0.25) is 0 Å². The third-order valence-corrected chi connectivity index (χ3v) is 3.74. The summed E-state index contributed by atoms with van der Waals surface area (Å²) in [6.45, 7) is 2.84. The third-order valence-electron chi connectivity index (χ3n) is 3.74.